The van der Waals surface area contributed by atoms with Crippen LogP contribution in [0.4, 0.5) is 0 Å². The van der Waals surface area contributed by atoms with Crippen LogP contribution < -0.4 is 0 Å². The molecule has 0 bridgehead atoms. The predicted molar refractivity (Wildman–Crippen MR) is 63.6 cm³/mol. The number of fused-ring (bicyclic) bond motifs is 1. The second kappa shape index (κ2) is 3.22. The highest BCUT2D eigenvalue weighted by Crippen LogP contribution is 2.51. The Bertz CT molecular complexity index is 536. The van der Waals surface area contributed by atoms with Crippen LogP contribution in [0.1, 0.15) is 18.4 Å². The van der Waals surface area contributed by atoms with E-state index in [-0.39, 0.29) is 12.0 Å². The number of phenolic OH excluding ortho intramolecular Hbond substituents is 1. The summed E-state index contributed by atoms with van der Waals surface area (Å²) in [6.07, 6.45) is 2.02. The van der Waals surface area contributed by atoms with Gasteiger partial charge in [0.15, 0.2) is 0 Å². The van der Waals surface area contributed by atoms with Crippen molar-refractivity contribution in [3.63, 3.8) is 0 Å². The number of aliphatic hydroxyl groups excluding tert-OH is 1. The van der Waals surface area contributed by atoms with Gasteiger partial charge in [-0.2, -0.15) is 0 Å². The molecular formula is C14H14O2. The molecule has 0 amide bonds. The van der Waals surface area contributed by atoms with Gasteiger partial charge in [0.1, 0.15) is 5.75 Å². The van der Waals surface area contributed by atoms with Gasteiger partial charge in [0.25, 0.3) is 0 Å². The Morgan fingerprint density at radius 1 is 1.06 bits per heavy atom. The van der Waals surface area contributed by atoms with E-state index in [1.54, 1.807) is 6.07 Å². The van der Waals surface area contributed by atoms with E-state index in [0.717, 1.165) is 29.2 Å². The van der Waals surface area contributed by atoms with Crippen LogP contribution >= 0.6 is 0 Å². The van der Waals surface area contributed by atoms with Gasteiger partial charge in [-0.3, -0.25) is 0 Å². The summed E-state index contributed by atoms with van der Waals surface area (Å²) < 4.78 is 0. The van der Waals surface area contributed by atoms with E-state index in [9.17, 15) is 10.2 Å². The number of phenols is 1. The maximum Gasteiger partial charge on any atom is 0.123 e. The first-order chi connectivity index (χ1) is 7.77. The molecule has 2 aromatic carbocycles. The lowest BCUT2D eigenvalue weighted by molar-refractivity contribution is 0.255. The first kappa shape index (κ1) is 9.67. The monoisotopic (exact) mass is 214 g/mol. The van der Waals surface area contributed by atoms with Crippen molar-refractivity contribution < 1.29 is 10.2 Å². The predicted octanol–water partition coefficient (Wildman–Crippen LogP) is 2.57. The number of rotatable bonds is 2. The summed E-state index contributed by atoms with van der Waals surface area (Å²) in [4.78, 5) is 0. The van der Waals surface area contributed by atoms with Crippen LogP contribution in [-0.4, -0.2) is 16.8 Å². The molecule has 3 rings (SSSR count). The van der Waals surface area contributed by atoms with E-state index in [1.807, 2.05) is 30.3 Å². The third-order valence-electron chi connectivity index (χ3n) is 3.61. The molecular weight excluding hydrogens is 200 g/mol. The summed E-state index contributed by atoms with van der Waals surface area (Å²) in [7, 11) is 0. The minimum atomic E-state index is -0.0989. The van der Waals surface area contributed by atoms with Gasteiger partial charge in [0.05, 0.1) is 6.61 Å². The van der Waals surface area contributed by atoms with Gasteiger partial charge in [-0.1, -0.05) is 30.3 Å². The Kier molecular flexibility index (Phi) is 1.95. The molecule has 1 saturated carbocycles. The molecule has 2 nitrogen and oxygen atoms in total. The van der Waals surface area contributed by atoms with Crippen molar-refractivity contribution >= 4 is 10.8 Å². The lowest BCUT2D eigenvalue weighted by Gasteiger charge is -2.15. The van der Waals surface area contributed by atoms with Crippen molar-refractivity contribution in [2.75, 3.05) is 6.61 Å². The van der Waals surface area contributed by atoms with E-state index in [2.05, 4.69) is 0 Å². The summed E-state index contributed by atoms with van der Waals surface area (Å²) in [5.41, 5.74) is 0.990. The second-order valence-electron chi connectivity index (χ2n) is 4.62. The minimum Gasteiger partial charge on any atom is -0.507 e. The Morgan fingerprint density at radius 3 is 2.38 bits per heavy atom. The number of benzene rings is 2. The quantitative estimate of drug-likeness (QED) is 0.806. The van der Waals surface area contributed by atoms with Crippen molar-refractivity contribution in [3.8, 4) is 5.75 Å². The molecule has 16 heavy (non-hydrogen) atoms. The zero-order chi connectivity index (χ0) is 11.2. The molecule has 82 valence electrons. The topological polar surface area (TPSA) is 40.5 Å². The van der Waals surface area contributed by atoms with Crippen molar-refractivity contribution in [3.05, 3.63) is 42.0 Å². The normalized spacial score (nSPS) is 17.6. The van der Waals surface area contributed by atoms with Crippen molar-refractivity contribution in [1.82, 2.24) is 0 Å². The third kappa shape index (κ3) is 1.23. The number of aliphatic hydroxyl groups is 1. The van der Waals surface area contributed by atoms with Crippen LogP contribution in [0, 0.1) is 0 Å². The van der Waals surface area contributed by atoms with E-state index >= 15 is 0 Å². The second-order valence-corrected chi connectivity index (χ2v) is 4.62. The molecule has 2 aromatic rings. The van der Waals surface area contributed by atoms with Crippen LogP contribution in [0.5, 0.6) is 5.75 Å². The van der Waals surface area contributed by atoms with Crippen molar-refractivity contribution in [2.45, 2.75) is 18.3 Å². The molecule has 0 unspecified atom stereocenters. The fraction of sp³-hybridized carbons (Fsp3) is 0.286. The average Bonchev–Trinajstić information content (AvgIpc) is 3.10. The highest BCUT2D eigenvalue weighted by atomic mass is 16.3. The van der Waals surface area contributed by atoms with E-state index < -0.39 is 0 Å². The first-order valence-corrected chi connectivity index (χ1v) is 5.59. The molecule has 2 N–H and O–H groups in total. The van der Waals surface area contributed by atoms with E-state index in [0.29, 0.717) is 5.75 Å². The molecule has 0 aliphatic heterocycles. The molecule has 0 radical (unpaired) electrons. The van der Waals surface area contributed by atoms with Gasteiger partial charge < -0.3 is 10.2 Å². The molecule has 1 aliphatic rings. The van der Waals surface area contributed by atoms with Gasteiger partial charge in [-0.15, -0.1) is 0 Å². The molecule has 2 heteroatoms. The maximum atomic E-state index is 9.96. The van der Waals surface area contributed by atoms with Gasteiger partial charge >= 0.3 is 0 Å². The largest absolute Gasteiger partial charge is 0.507 e. The van der Waals surface area contributed by atoms with E-state index in [1.165, 1.54) is 0 Å². The highest BCUT2D eigenvalue weighted by Gasteiger charge is 2.44. The lowest BCUT2D eigenvalue weighted by atomic mass is 9.91. The summed E-state index contributed by atoms with van der Waals surface area (Å²) in [5, 5.41) is 21.4. The van der Waals surface area contributed by atoms with Gasteiger partial charge in [0.2, 0.25) is 0 Å². The smallest absolute Gasteiger partial charge is 0.123 e. The molecule has 0 aromatic heterocycles. The van der Waals surface area contributed by atoms with Gasteiger partial charge in [0, 0.05) is 10.8 Å². The number of hydrogen-bond donors (Lipinski definition) is 2. The van der Waals surface area contributed by atoms with Crippen LogP contribution in [0.25, 0.3) is 10.8 Å². The molecule has 1 fully saturated rings. The molecule has 0 saturated heterocycles. The van der Waals surface area contributed by atoms with Crippen LogP contribution in [0.15, 0.2) is 36.4 Å². The van der Waals surface area contributed by atoms with Gasteiger partial charge in [-0.05, 0) is 29.9 Å². The zero-order valence-corrected chi connectivity index (χ0v) is 8.98. The van der Waals surface area contributed by atoms with Crippen molar-refractivity contribution in [1.29, 1.82) is 0 Å². The summed E-state index contributed by atoms with van der Waals surface area (Å²) in [6.45, 7) is 0.167. The minimum absolute atomic E-state index is 0.0989. The van der Waals surface area contributed by atoms with Crippen molar-refractivity contribution in [2.24, 2.45) is 0 Å². The van der Waals surface area contributed by atoms with Crippen LogP contribution in [0.2, 0.25) is 0 Å². The SMILES string of the molecule is OCC1(c2cccc3cccc(O)c23)CC1. The summed E-state index contributed by atoms with van der Waals surface area (Å²) in [6, 6.07) is 11.6. The third-order valence-corrected chi connectivity index (χ3v) is 3.61. The summed E-state index contributed by atoms with van der Waals surface area (Å²) >= 11 is 0. The highest BCUT2D eigenvalue weighted by molar-refractivity contribution is 5.92. The maximum absolute atomic E-state index is 9.96. The number of hydrogen-bond acceptors (Lipinski definition) is 2. The van der Waals surface area contributed by atoms with E-state index in [4.69, 9.17) is 0 Å². The standard InChI is InChI=1S/C14H14O2/c15-9-14(7-8-14)11-5-1-3-10-4-2-6-12(16)13(10)11/h1-6,15-16H,7-9H2. The lowest BCUT2D eigenvalue weighted by Crippen LogP contribution is -2.12. The molecule has 0 spiro atoms. The Morgan fingerprint density at radius 2 is 1.75 bits per heavy atom. The molecule has 1 aliphatic carbocycles. The summed E-state index contributed by atoms with van der Waals surface area (Å²) in [5.74, 6) is 0.313. The Labute approximate surface area is 94.2 Å². The zero-order valence-electron chi connectivity index (χ0n) is 8.98. The molecule has 0 heterocycles. The first-order valence-electron chi connectivity index (χ1n) is 5.59. The number of aromatic hydroxyl groups is 1. The fourth-order valence-electron chi connectivity index (χ4n) is 2.43. The Hall–Kier alpha value is -1.54. The van der Waals surface area contributed by atoms with Crippen LogP contribution in [-0.2, 0) is 5.41 Å². The van der Waals surface area contributed by atoms with Crippen LogP contribution in [0.3, 0.4) is 0 Å². The fourth-order valence-corrected chi connectivity index (χ4v) is 2.43. The van der Waals surface area contributed by atoms with Gasteiger partial charge in [-0.25, -0.2) is 0 Å². The molecule has 0 atom stereocenters. The Balaban J connectivity index is 2.33. The average molecular weight is 214 g/mol.